The van der Waals surface area contributed by atoms with Crippen molar-refractivity contribution in [1.29, 1.82) is 0 Å². The van der Waals surface area contributed by atoms with Crippen LogP contribution in [0.15, 0.2) is 42.5 Å². The summed E-state index contributed by atoms with van der Waals surface area (Å²) in [4.78, 5) is 15.5. The van der Waals surface area contributed by atoms with E-state index in [1.54, 1.807) is 52.7 Å². The zero-order valence-electron chi connectivity index (χ0n) is 21.0. The van der Waals surface area contributed by atoms with Gasteiger partial charge in [-0.15, -0.1) is 0 Å². The Morgan fingerprint density at radius 3 is 2.31 bits per heavy atom. The standard InChI is InChI=1S/C28H35NO6/c1-32-22-11-6-5-9-20(22)26-21-10-7-8-14-28(21,31)15-16-29(26)25(30)13-12-19-17-23(33-2)27(35-4)24(18-19)34-3/h5-6,9,11-13,17-18,21,26,31H,7-8,10,14-16H2,1-4H3/t21-,26-,28+/m1/s1. The largest absolute Gasteiger partial charge is 0.496 e. The lowest BCUT2D eigenvalue weighted by Gasteiger charge is -2.52. The van der Waals surface area contributed by atoms with E-state index in [2.05, 4.69) is 0 Å². The summed E-state index contributed by atoms with van der Waals surface area (Å²) >= 11 is 0. The molecular weight excluding hydrogens is 446 g/mol. The van der Waals surface area contributed by atoms with Crippen molar-refractivity contribution in [2.24, 2.45) is 5.92 Å². The molecule has 1 saturated heterocycles. The van der Waals surface area contributed by atoms with Gasteiger partial charge in [0.15, 0.2) is 11.5 Å². The quantitative estimate of drug-likeness (QED) is 0.581. The molecule has 2 aromatic carbocycles. The van der Waals surface area contributed by atoms with Crippen LogP contribution in [0.5, 0.6) is 23.0 Å². The number of fused-ring (bicyclic) bond motifs is 1. The second-order valence-corrected chi connectivity index (χ2v) is 9.22. The van der Waals surface area contributed by atoms with E-state index in [4.69, 9.17) is 18.9 Å². The second-order valence-electron chi connectivity index (χ2n) is 9.22. The Hall–Kier alpha value is -3.19. The van der Waals surface area contributed by atoms with Crippen molar-refractivity contribution >= 4 is 12.0 Å². The second kappa shape index (κ2) is 10.6. The Morgan fingerprint density at radius 2 is 1.66 bits per heavy atom. The van der Waals surface area contributed by atoms with Gasteiger partial charge in [-0.25, -0.2) is 0 Å². The van der Waals surface area contributed by atoms with Gasteiger partial charge in [0.05, 0.1) is 40.1 Å². The average Bonchev–Trinajstić information content (AvgIpc) is 2.89. The van der Waals surface area contributed by atoms with Crippen molar-refractivity contribution < 1.29 is 28.8 Å². The van der Waals surface area contributed by atoms with Crippen LogP contribution in [-0.4, -0.2) is 56.5 Å². The molecule has 0 bridgehead atoms. The van der Waals surface area contributed by atoms with Crippen LogP contribution in [0.25, 0.3) is 6.08 Å². The monoisotopic (exact) mass is 481 g/mol. The highest BCUT2D eigenvalue weighted by atomic mass is 16.5. The lowest BCUT2D eigenvalue weighted by molar-refractivity contribution is -0.151. The summed E-state index contributed by atoms with van der Waals surface area (Å²) in [7, 11) is 6.32. The number of benzene rings is 2. The summed E-state index contributed by atoms with van der Waals surface area (Å²) < 4.78 is 21.9. The number of aliphatic hydroxyl groups is 1. The van der Waals surface area contributed by atoms with E-state index in [9.17, 15) is 9.90 Å². The van der Waals surface area contributed by atoms with Gasteiger partial charge >= 0.3 is 0 Å². The number of ether oxygens (including phenoxy) is 4. The highest BCUT2D eigenvalue weighted by Crippen LogP contribution is 2.51. The van der Waals surface area contributed by atoms with Crippen LogP contribution < -0.4 is 18.9 Å². The van der Waals surface area contributed by atoms with Crippen molar-refractivity contribution in [1.82, 2.24) is 4.90 Å². The molecule has 1 saturated carbocycles. The molecule has 4 rings (SSSR count). The summed E-state index contributed by atoms with van der Waals surface area (Å²) in [6, 6.07) is 11.2. The SMILES string of the molecule is COc1ccccc1[C@@H]1[C@H]2CCCC[C@]2(O)CCN1C(=O)C=Cc1cc(OC)c(OC)c(OC)c1. The average molecular weight is 482 g/mol. The van der Waals surface area contributed by atoms with Crippen molar-refractivity contribution in [2.45, 2.75) is 43.7 Å². The molecule has 1 heterocycles. The Balaban J connectivity index is 1.68. The highest BCUT2D eigenvalue weighted by Gasteiger charge is 2.50. The van der Waals surface area contributed by atoms with Crippen LogP contribution in [0.4, 0.5) is 0 Å². The third kappa shape index (κ3) is 4.82. The summed E-state index contributed by atoms with van der Waals surface area (Å²) in [5, 5.41) is 11.5. The zero-order valence-corrected chi connectivity index (χ0v) is 21.0. The molecule has 0 radical (unpaired) electrons. The fourth-order valence-electron chi connectivity index (χ4n) is 5.69. The van der Waals surface area contributed by atoms with E-state index in [-0.39, 0.29) is 17.9 Å². The van der Waals surface area contributed by atoms with Crippen LogP contribution in [-0.2, 0) is 4.79 Å². The van der Waals surface area contributed by atoms with Crippen molar-refractivity contribution in [3.05, 3.63) is 53.6 Å². The maximum Gasteiger partial charge on any atom is 0.247 e. The van der Waals surface area contributed by atoms with Crippen LogP contribution in [0.1, 0.15) is 49.3 Å². The lowest BCUT2D eigenvalue weighted by atomic mass is 9.66. The van der Waals surface area contributed by atoms with Gasteiger partial charge in [0.1, 0.15) is 5.75 Å². The van der Waals surface area contributed by atoms with Crippen LogP contribution in [0.2, 0.25) is 0 Å². The molecule has 1 amide bonds. The smallest absolute Gasteiger partial charge is 0.247 e. The van der Waals surface area contributed by atoms with E-state index >= 15 is 0 Å². The number of nitrogens with zero attached hydrogens (tertiary/aromatic N) is 1. The Kier molecular flexibility index (Phi) is 7.55. The fraction of sp³-hybridized carbons (Fsp3) is 0.464. The van der Waals surface area contributed by atoms with E-state index in [0.29, 0.717) is 30.2 Å². The summed E-state index contributed by atoms with van der Waals surface area (Å²) in [5.41, 5.74) is 0.934. The number of para-hydroxylation sites is 1. The molecule has 0 spiro atoms. The van der Waals surface area contributed by atoms with Gasteiger partial charge in [-0.05, 0) is 49.1 Å². The van der Waals surface area contributed by atoms with Gasteiger partial charge in [0, 0.05) is 24.1 Å². The highest BCUT2D eigenvalue weighted by molar-refractivity contribution is 5.92. The van der Waals surface area contributed by atoms with Gasteiger partial charge in [-0.3, -0.25) is 4.79 Å². The first-order valence-electron chi connectivity index (χ1n) is 12.1. The Labute approximate surface area is 207 Å². The number of likely N-dealkylation sites (tertiary alicyclic amines) is 1. The zero-order chi connectivity index (χ0) is 25.0. The molecule has 3 atom stereocenters. The molecule has 35 heavy (non-hydrogen) atoms. The molecule has 2 aromatic rings. The van der Waals surface area contributed by atoms with E-state index in [1.807, 2.05) is 29.2 Å². The number of hydrogen-bond donors (Lipinski definition) is 1. The van der Waals surface area contributed by atoms with Gasteiger partial charge in [-0.1, -0.05) is 31.0 Å². The predicted octanol–water partition coefficient (Wildman–Crippen LogP) is 4.63. The van der Waals surface area contributed by atoms with Gasteiger partial charge in [-0.2, -0.15) is 0 Å². The number of amides is 1. The van der Waals surface area contributed by atoms with Gasteiger partial charge in [0.2, 0.25) is 11.7 Å². The van der Waals surface area contributed by atoms with Crippen LogP contribution in [0.3, 0.4) is 0 Å². The fourth-order valence-corrected chi connectivity index (χ4v) is 5.69. The number of carbonyl (C=O) groups is 1. The van der Waals surface area contributed by atoms with Crippen molar-refractivity contribution in [2.75, 3.05) is 35.0 Å². The molecule has 7 heteroatoms. The first-order valence-corrected chi connectivity index (χ1v) is 12.1. The normalized spacial score (nSPS) is 24.1. The van der Waals surface area contributed by atoms with Crippen LogP contribution in [0, 0.1) is 5.92 Å². The summed E-state index contributed by atoms with van der Waals surface area (Å²) in [5.74, 6) is 2.13. The number of methoxy groups -OCH3 is 4. The minimum absolute atomic E-state index is 0.0418. The minimum Gasteiger partial charge on any atom is -0.496 e. The van der Waals surface area contributed by atoms with E-state index < -0.39 is 5.60 Å². The van der Waals surface area contributed by atoms with Crippen molar-refractivity contribution in [3.8, 4) is 23.0 Å². The number of carbonyl (C=O) groups excluding carboxylic acids is 1. The lowest BCUT2D eigenvalue weighted by Crippen LogP contribution is -2.56. The molecule has 2 fully saturated rings. The summed E-state index contributed by atoms with van der Waals surface area (Å²) in [6.45, 7) is 0.480. The van der Waals surface area contributed by atoms with Gasteiger partial charge < -0.3 is 29.0 Å². The molecule has 0 unspecified atom stereocenters. The first kappa shape index (κ1) is 24.9. The van der Waals surface area contributed by atoms with E-state index in [0.717, 1.165) is 42.6 Å². The Bertz CT molecular complexity index is 1060. The number of rotatable bonds is 7. The van der Waals surface area contributed by atoms with E-state index in [1.165, 1.54) is 0 Å². The molecular formula is C28H35NO6. The molecule has 1 aliphatic heterocycles. The number of hydrogen-bond acceptors (Lipinski definition) is 6. The molecule has 7 nitrogen and oxygen atoms in total. The third-order valence-electron chi connectivity index (χ3n) is 7.41. The summed E-state index contributed by atoms with van der Waals surface area (Å²) in [6.07, 6.45) is 7.62. The van der Waals surface area contributed by atoms with Gasteiger partial charge in [0.25, 0.3) is 0 Å². The molecule has 0 aromatic heterocycles. The molecule has 2 aliphatic rings. The maximum absolute atomic E-state index is 13.6. The number of piperidine rings is 1. The Morgan fingerprint density at radius 1 is 0.971 bits per heavy atom. The molecule has 1 N–H and O–H groups in total. The molecule has 1 aliphatic carbocycles. The maximum atomic E-state index is 13.6. The topological polar surface area (TPSA) is 77.5 Å². The first-order chi connectivity index (χ1) is 17.0. The third-order valence-corrected chi connectivity index (χ3v) is 7.41. The van der Waals surface area contributed by atoms with Crippen LogP contribution >= 0.6 is 0 Å². The minimum atomic E-state index is -0.763. The van der Waals surface area contributed by atoms with Crippen molar-refractivity contribution in [3.63, 3.8) is 0 Å². The molecule has 188 valence electrons. The predicted molar refractivity (Wildman–Crippen MR) is 134 cm³/mol.